The first-order valence-corrected chi connectivity index (χ1v) is 11.0. The molecule has 1 aromatic carbocycles. The highest BCUT2D eigenvalue weighted by molar-refractivity contribution is 5.91. The Kier molecular flexibility index (Phi) is 10.2. The van der Waals surface area contributed by atoms with Crippen molar-refractivity contribution in [1.82, 2.24) is 4.90 Å². The van der Waals surface area contributed by atoms with Crippen LogP contribution in [0.15, 0.2) is 18.2 Å². The van der Waals surface area contributed by atoms with Crippen molar-refractivity contribution in [3.63, 3.8) is 0 Å². The van der Waals surface area contributed by atoms with Crippen molar-refractivity contribution >= 4 is 23.2 Å². The van der Waals surface area contributed by atoms with Gasteiger partial charge in [-0.1, -0.05) is 41.5 Å². The SMILES string of the molecule is CCC(CC)C(=O)N(Cc1cc(NC(=O)CC(C)C)ccc1N(C)C)CC(C)C. The lowest BCUT2D eigenvalue weighted by Gasteiger charge is -2.30. The first-order chi connectivity index (χ1) is 13.6. The summed E-state index contributed by atoms with van der Waals surface area (Å²) in [6.45, 7) is 13.8. The molecule has 0 spiro atoms. The van der Waals surface area contributed by atoms with E-state index in [4.69, 9.17) is 0 Å². The second kappa shape index (κ2) is 11.8. The number of carbonyl (C=O) groups excluding carboxylic acids is 2. The number of amides is 2. The molecule has 0 heterocycles. The Bertz CT molecular complexity index is 664. The van der Waals surface area contributed by atoms with Crippen molar-refractivity contribution in [1.29, 1.82) is 0 Å². The Hall–Kier alpha value is -2.04. The molecule has 5 heteroatoms. The minimum atomic E-state index is 0.0238. The smallest absolute Gasteiger partial charge is 0.225 e. The van der Waals surface area contributed by atoms with Crippen LogP contribution in [-0.2, 0) is 16.1 Å². The van der Waals surface area contributed by atoms with Crippen LogP contribution in [0.4, 0.5) is 11.4 Å². The van der Waals surface area contributed by atoms with E-state index in [2.05, 4.69) is 37.9 Å². The van der Waals surface area contributed by atoms with E-state index in [1.54, 1.807) is 0 Å². The first-order valence-electron chi connectivity index (χ1n) is 11.0. The lowest BCUT2D eigenvalue weighted by atomic mass is 10.00. The largest absolute Gasteiger partial charge is 0.377 e. The van der Waals surface area contributed by atoms with Crippen LogP contribution in [0, 0.1) is 17.8 Å². The summed E-state index contributed by atoms with van der Waals surface area (Å²) < 4.78 is 0. The average molecular weight is 404 g/mol. The Morgan fingerprint density at radius 2 is 1.62 bits per heavy atom. The zero-order valence-corrected chi connectivity index (χ0v) is 19.7. The van der Waals surface area contributed by atoms with Crippen LogP contribution in [0.1, 0.15) is 66.4 Å². The second-order valence-corrected chi connectivity index (χ2v) is 9.01. The molecule has 0 aliphatic heterocycles. The van der Waals surface area contributed by atoms with Crippen molar-refractivity contribution < 1.29 is 9.59 Å². The average Bonchev–Trinajstić information content (AvgIpc) is 2.60. The highest BCUT2D eigenvalue weighted by Crippen LogP contribution is 2.26. The van der Waals surface area contributed by atoms with Gasteiger partial charge in [0, 0.05) is 50.9 Å². The fourth-order valence-corrected chi connectivity index (χ4v) is 3.58. The molecule has 0 unspecified atom stereocenters. The summed E-state index contributed by atoms with van der Waals surface area (Å²) in [6.07, 6.45) is 2.21. The Balaban J connectivity index is 3.19. The normalized spacial score (nSPS) is 11.3. The lowest BCUT2D eigenvalue weighted by molar-refractivity contribution is -0.137. The monoisotopic (exact) mass is 403 g/mol. The van der Waals surface area contributed by atoms with E-state index in [0.29, 0.717) is 24.8 Å². The van der Waals surface area contributed by atoms with Crippen LogP contribution in [0.3, 0.4) is 0 Å². The van der Waals surface area contributed by atoms with Crippen LogP contribution in [0.25, 0.3) is 0 Å². The van der Waals surface area contributed by atoms with E-state index in [0.717, 1.165) is 36.3 Å². The number of nitrogens with zero attached hydrogens (tertiary/aromatic N) is 2. The Labute approximate surface area is 177 Å². The number of rotatable bonds is 11. The molecule has 0 aliphatic rings. The topological polar surface area (TPSA) is 52.7 Å². The van der Waals surface area contributed by atoms with Crippen LogP contribution >= 0.6 is 0 Å². The molecule has 1 rings (SSSR count). The predicted molar refractivity (Wildman–Crippen MR) is 123 cm³/mol. The third-order valence-electron chi connectivity index (χ3n) is 5.03. The fourth-order valence-electron chi connectivity index (χ4n) is 3.58. The van der Waals surface area contributed by atoms with Gasteiger partial charge in [-0.25, -0.2) is 0 Å². The zero-order valence-electron chi connectivity index (χ0n) is 19.7. The molecule has 0 aliphatic carbocycles. The van der Waals surface area contributed by atoms with E-state index in [1.165, 1.54) is 0 Å². The highest BCUT2D eigenvalue weighted by Gasteiger charge is 2.23. The number of nitrogens with one attached hydrogen (secondary N) is 1. The van der Waals surface area contributed by atoms with Gasteiger partial charge in [0.05, 0.1) is 0 Å². The Morgan fingerprint density at radius 3 is 2.10 bits per heavy atom. The minimum absolute atomic E-state index is 0.0238. The lowest BCUT2D eigenvalue weighted by Crippen LogP contribution is -2.38. The van der Waals surface area contributed by atoms with Gasteiger partial charge in [-0.05, 0) is 48.4 Å². The highest BCUT2D eigenvalue weighted by atomic mass is 16.2. The maximum atomic E-state index is 13.2. The minimum Gasteiger partial charge on any atom is -0.377 e. The molecule has 0 aromatic heterocycles. The van der Waals surface area contributed by atoms with Gasteiger partial charge < -0.3 is 15.1 Å². The first kappa shape index (κ1) is 25.0. The van der Waals surface area contributed by atoms with Crippen LogP contribution < -0.4 is 10.2 Å². The molecule has 0 fully saturated rings. The molecule has 164 valence electrons. The van der Waals surface area contributed by atoms with Gasteiger partial charge in [0.15, 0.2) is 0 Å². The summed E-state index contributed by atoms with van der Waals surface area (Å²) in [5.41, 5.74) is 2.91. The van der Waals surface area contributed by atoms with Gasteiger partial charge in [-0.15, -0.1) is 0 Å². The van der Waals surface area contributed by atoms with E-state index in [-0.39, 0.29) is 17.7 Å². The molecule has 0 radical (unpaired) electrons. The maximum absolute atomic E-state index is 13.2. The van der Waals surface area contributed by atoms with Gasteiger partial charge >= 0.3 is 0 Å². The summed E-state index contributed by atoms with van der Waals surface area (Å²) in [7, 11) is 4.01. The van der Waals surface area contributed by atoms with Crippen molar-refractivity contribution in [2.24, 2.45) is 17.8 Å². The molecule has 1 N–H and O–H groups in total. The molecular formula is C24H41N3O2. The quantitative estimate of drug-likeness (QED) is 0.555. The molecule has 1 aromatic rings. The third-order valence-corrected chi connectivity index (χ3v) is 5.03. The predicted octanol–water partition coefficient (Wildman–Crippen LogP) is 5.16. The number of hydrogen-bond acceptors (Lipinski definition) is 3. The van der Waals surface area contributed by atoms with E-state index in [9.17, 15) is 9.59 Å². The van der Waals surface area contributed by atoms with Crippen molar-refractivity contribution in [2.45, 2.75) is 67.3 Å². The van der Waals surface area contributed by atoms with E-state index in [1.807, 2.05) is 51.0 Å². The zero-order chi connectivity index (χ0) is 22.1. The van der Waals surface area contributed by atoms with Crippen molar-refractivity contribution in [2.75, 3.05) is 30.9 Å². The summed E-state index contributed by atoms with van der Waals surface area (Å²) in [6, 6.07) is 5.98. The maximum Gasteiger partial charge on any atom is 0.225 e. The number of anilines is 2. The molecule has 5 nitrogen and oxygen atoms in total. The van der Waals surface area contributed by atoms with Gasteiger partial charge in [-0.3, -0.25) is 9.59 Å². The molecular weight excluding hydrogens is 362 g/mol. The molecule has 29 heavy (non-hydrogen) atoms. The van der Waals surface area contributed by atoms with Gasteiger partial charge in [0.25, 0.3) is 0 Å². The standard InChI is InChI=1S/C24H41N3O2/c1-9-19(10-2)24(29)27(15-18(5)6)16-20-14-21(11-12-22(20)26(7)8)25-23(28)13-17(3)4/h11-12,14,17-19H,9-10,13,15-16H2,1-8H3,(H,25,28). The summed E-state index contributed by atoms with van der Waals surface area (Å²) in [5, 5.41) is 3.01. The summed E-state index contributed by atoms with van der Waals surface area (Å²) in [4.78, 5) is 29.4. The van der Waals surface area contributed by atoms with E-state index >= 15 is 0 Å². The molecule has 0 saturated carbocycles. The second-order valence-electron chi connectivity index (χ2n) is 9.01. The number of hydrogen-bond donors (Lipinski definition) is 1. The van der Waals surface area contributed by atoms with Gasteiger partial charge in [0.1, 0.15) is 0 Å². The molecule has 0 bridgehead atoms. The number of benzene rings is 1. The van der Waals surface area contributed by atoms with Crippen LogP contribution in [0.5, 0.6) is 0 Å². The van der Waals surface area contributed by atoms with Crippen LogP contribution in [0.2, 0.25) is 0 Å². The fraction of sp³-hybridized carbons (Fsp3) is 0.667. The van der Waals surface area contributed by atoms with Crippen molar-refractivity contribution in [3.8, 4) is 0 Å². The van der Waals surface area contributed by atoms with E-state index < -0.39 is 0 Å². The molecule has 0 atom stereocenters. The van der Waals surface area contributed by atoms with Gasteiger partial charge in [-0.2, -0.15) is 0 Å². The van der Waals surface area contributed by atoms with Gasteiger partial charge in [0.2, 0.25) is 11.8 Å². The van der Waals surface area contributed by atoms with Crippen molar-refractivity contribution in [3.05, 3.63) is 23.8 Å². The number of carbonyl (C=O) groups is 2. The van der Waals surface area contributed by atoms with Crippen LogP contribution in [-0.4, -0.2) is 37.4 Å². The summed E-state index contributed by atoms with van der Waals surface area (Å²) >= 11 is 0. The molecule has 0 saturated heterocycles. The Morgan fingerprint density at radius 1 is 1.00 bits per heavy atom. The third kappa shape index (κ3) is 8.08. The summed E-state index contributed by atoms with van der Waals surface area (Å²) in [5.74, 6) is 1.02. The molecule has 2 amide bonds.